The predicted molar refractivity (Wildman–Crippen MR) is 92.0 cm³/mol. The van der Waals surface area contributed by atoms with Gasteiger partial charge in [-0.05, 0) is 30.2 Å². The molecule has 2 atom stereocenters. The normalized spacial score (nSPS) is 21.0. The van der Waals surface area contributed by atoms with Crippen molar-refractivity contribution in [3.63, 3.8) is 0 Å². The van der Waals surface area contributed by atoms with Crippen LogP contribution in [0.3, 0.4) is 0 Å². The van der Waals surface area contributed by atoms with Crippen LogP contribution in [0.15, 0.2) is 17.7 Å². The number of rotatable bonds is 6. The van der Waals surface area contributed by atoms with Gasteiger partial charge in [0.1, 0.15) is 12.4 Å². The minimum Gasteiger partial charge on any atom is -0.466 e. The number of allylic oxidation sites excluding steroid dienone is 1. The Balaban J connectivity index is 2.15. The molecule has 0 saturated heterocycles. The van der Waals surface area contributed by atoms with Crippen LogP contribution in [0.25, 0.3) is 0 Å². The average molecular weight is 384 g/mol. The highest BCUT2D eigenvalue weighted by atomic mass is 19.2. The van der Waals surface area contributed by atoms with Gasteiger partial charge in [-0.15, -0.1) is 0 Å². The lowest BCUT2D eigenvalue weighted by Gasteiger charge is -2.12. The van der Waals surface area contributed by atoms with Gasteiger partial charge in [0.2, 0.25) is 0 Å². The zero-order valence-electron chi connectivity index (χ0n) is 16.0. The lowest BCUT2D eigenvalue weighted by Crippen LogP contribution is -2.13. The van der Waals surface area contributed by atoms with E-state index in [1.165, 1.54) is 7.11 Å². The smallest absolute Gasteiger partial charge is 0.333 e. The third kappa shape index (κ3) is 4.01. The summed E-state index contributed by atoms with van der Waals surface area (Å²) in [6.07, 6.45) is 1.78. The Morgan fingerprint density at radius 3 is 2.37 bits per heavy atom. The Morgan fingerprint density at radius 1 is 1.19 bits per heavy atom. The van der Waals surface area contributed by atoms with Gasteiger partial charge in [-0.1, -0.05) is 26.8 Å². The molecule has 0 aromatic heterocycles. The van der Waals surface area contributed by atoms with Crippen LogP contribution >= 0.6 is 0 Å². The van der Waals surface area contributed by atoms with Crippen LogP contribution in [0.5, 0.6) is 0 Å². The van der Waals surface area contributed by atoms with E-state index in [9.17, 15) is 22.8 Å². The van der Waals surface area contributed by atoms with Crippen molar-refractivity contribution in [1.29, 1.82) is 0 Å². The third-order valence-electron chi connectivity index (χ3n) is 5.19. The van der Waals surface area contributed by atoms with Gasteiger partial charge in [0.15, 0.2) is 11.6 Å². The SMILES string of the molecule is CCc1c(F)cc(F)c(F)c1COC(=O)[C@@H]1[C@@H](/C=C(\C)C(=O)OC)C1(C)C. The van der Waals surface area contributed by atoms with Crippen LogP contribution in [-0.2, 0) is 32.1 Å². The second-order valence-electron chi connectivity index (χ2n) is 7.24. The number of esters is 2. The maximum Gasteiger partial charge on any atom is 0.333 e. The monoisotopic (exact) mass is 384 g/mol. The molecule has 0 aliphatic heterocycles. The van der Waals surface area contributed by atoms with E-state index in [1.54, 1.807) is 19.9 Å². The molecule has 0 bridgehead atoms. The first-order chi connectivity index (χ1) is 12.6. The number of hydrogen-bond acceptors (Lipinski definition) is 4. The average Bonchev–Trinajstić information content (AvgIpc) is 3.15. The summed E-state index contributed by atoms with van der Waals surface area (Å²) >= 11 is 0. The van der Waals surface area contributed by atoms with Crippen molar-refractivity contribution in [3.05, 3.63) is 46.3 Å². The van der Waals surface area contributed by atoms with E-state index in [2.05, 4.69) is 4.74 Å². The molecule has 27 heavy (non-hydrogen) atoms. The molecule has 2 rings (SSSR count). The summed E-state index contributed by atoms with van der Waals surface area (Å²) in [6.45, 7) is 6.30. The standard InChI is InChI=1S/C20H23F3O4/c1-6-11-12(17(23)15(22)8-14(11)21)9-27-19(25)16-13(20(16,3)4)7-10(2)18(24)26-5/h7-8,13,16H,6,9H2,1-5H3/b10-7+/t13-,16+/m1/s1. The minimum atomic E-state index is -1.32. The number of methoxy groups -OCH3 is 1. The summed E-state index contributed by atoms with van der Waals surface area (Å²) in [6, 6.07) is 0.486. The zero-order valence-corrected chi connectivity index (χ0v) is 16.0. The molecule has 0 heterocycles. The van der Waals surface area contributed by atoms with Gasteiger partial charge in [0, 0.05) is 17.2 Å². The first-order valence-electron chi connectivity index (χ1n) is 8.64. The van der Waals surface area contributed by atoms with E-state index in [0.717, 1.165) is 0 Å². The Labute approximate surface area is 156 Å². The molecular weight excluding hydrogens is 361 g/mol. The van der Waals surface area contributed by atoms with Crippen molar-refractivity contribution in [2.24, 2.45) is 17.3 Å². The maximum absolute atomic E-state index is 14.0. The van der Waals surface area contributed by atoms with Gasteiger partial charge in [-0.25, -0.2) is 18.0 Å². The molecule has 0 radical (unpaired) electrons. The Kier molecular flexibility index (Phi) is 6.02. The molecular formula is C20H23F3O4. The van der Waals surface area contributed by atoms with Crippen LogP contribution in [-0.4, -0.2) is 19.0 Å². The molecule has 1 fully saturated rings. The molecule has 148 valence electrons. The van der Waals surface area contributed by atoms with Crippen LogP contribution in [0.2, 0.25) is 0 Å². The molecule has 0 N–H and O–H groups in total. The topological polar surface area (TPSA) is 52.6 Å². The van der Waals surface area contributed by atoms with E-state index in [-0.39, 0.29) is 23.5 Å². The molecule has 0 amide bonds. The van der Waals surface area contributed by atoms with Crippen molar-refractivity contribution in [3.8, 4) is 0 Å². The number of carbonyl (C=O) groups is 2. The molecule has 4 nitrogen and oxygen atoms in total. The number of hydrogen-bond donors (Lipinski definition) is 0. The Hall–Kier alpha value is -2.31. The first kappa shape index (κ1) is 21.0. The predicted octanol–water partition coefficient (Wildman–Crippen LogP) is 4.10. The second-order valence-corrected chi connectivity index (χ2v) is 7.24. The highest BCUT2D eigenvalue weighted by molar-refractivity contribution is 5.88. The van der Waals surface area contributed by atoms with Gasteiger partial charge >= 0.3 is 11.9 Å². The van der Waals surface area contributed by atoms with Crippen molar-refractivity contribution >= 4 is 11.9 Å². The number of halogens is 3. The summed E-state index contributed by atoms with van der Waals surface area (Å²) < 4.78 is 51.1. The Morgan fingerprint density at radius 2 is 1.81 bits per heavy atom. The largest absolute Gasteiger partial charge is 0.466 e. The summed E-state index contributed by atoms with van der Waals surface area (Å²) in [7, 11) is 1.27. The van der Waals surface area contributed by atoms with Crippen LogP contribution in [0, 0.1) is 34.7 Å². The molecule has 7 heteroatoms. The molecule has 0 unspecified atom stereocenters. The quantitative estimate of drug-likeness (QED) is 0.421. The van der Waals surface area contributed by atoms with E-state index in [1.807, 2.05) is 13.8 Å². The van der Waals surface area contributed by atoms with Gasteiger partial charge in [0.25, 0.3) is 0 Å². The summed E-state index contributed by atoms with van der Waals surface area (Å²) in [4.78, 5) is 24.0. The molecule has 1 aliphatic carbocycles. The summed E-state index contributed by atoms with van der Waals surface area (Å²) in [5, 5.41) is 0. The fourth-order valence-corrected chi connectivity index (χ4v) is 3.39. The molecule has 1 saturated carbocycles. The summed E-state index contributed by atoms with van der Waals surface area (Å²) in [5.74, 6) is -5.29. The fourth-order valence-electron chi connectivity index (χ4n) is 3.39. The van der Waals surface area contributed by atoms with Crippen LogP contribution < -0.4 is 0 Å². The summed E-state index contributed by atoms with van der Waals surface area (Å²) in [5.41, 5.74) is -0.391. The molecule has 1 aromatic carbocycles. The van der Waals surface area contributed by atoms with Gasteiger partial charge in [0.05, 0.1) is 13.0 Å². The van der Waals surface area contributed by atoms with E-state index in [0.29, 0.717) is 11.6 Å². The zero-order chi connectivity index (χ0) is 20.5. The molecule has 0 spiro atoms. The van der Waals surface area contributed by atoms with Crippen molar-refractivity contribution in [2.75, 3.05) is 7.11 Å². The fraction of sp³-hybridized carbons (Fsp3) is 0.500. The third-order valence-corrected chi connectivity index (χ3v) is 5.19. The van der Waals surface area contributed by atoms with Crippen LogP contribution in [0.4, 0.5) is 13.2 Å². The maximum atomic E-state index is 14.0. The molecule has 1 aromatic rings. The van der Waals surface area contributed by atoms with Crippen molar-refractivity contribution < 1.29 is 32.2 Å². The van der Waals surface area contributed by atoms with E-state index < -0.39 is 47.3 Å². The lowest BCUT2D eigenvalue weighted by molar-refractivity contribution is -0.147. The first-order valence-corrected chi connectivity index (χ1v) is 8.64. The van der Waals surface area contributed by atoms with Crippen molar-refractivity contribution in [1.82, 2.24) is 0 Å². The number of carbonyl (C=O) groups excluding carboxylic acids is 2. The van der Waals surface area contributed by atoms with Gasteiger partial charge < -0.3 is 9.47 Å². The van der Waals surface area contributed by atoms with E-state index >= 15 is 0 Å². The van der Waals surface area contributed by atoms with Crippen molar-refractivity contribution in [2.45, 2.75) is 40.7 Å². The van der Waals surface area contributed by atoms with Gasteiger partial charge in [-0.2, -0.15) is 0 Å². The lowest BCUT2D eigenvalue weighted by atomic mass is 10.0. The van der Waals surface area contributed by atoms with Crippen LogP contribution in [0.1, 0.15) is 38.8 Å². The minimum absolute atomic E-state index is 0.0188. The highest BCUT2D eigenvalue weighted by Crippen LogP contribution is 2.60. The van der Waals surface area contributed by atoms with Gasteiger partial charge in [-0.3, -0.25) is 4.79 Å². The highest BCUT2D eigenvalue weighted by Gasteiger charge is 2.61. The second kappa shape index (κ2) is 7.74. The number of benzene rings is 1. The molecule has 1 aliphatic rings. The number of ether oxygens (including phenoxy) is 2. The Bertz CT molecular complexity index is 799. The van der Waals surface area contributed by atoms with E-state index in [4.69, 9.17) is 4.74 Å².